The van der Waals surface area contributed by atoms with Crippen molar-refractivity contribution in [2.24, 2.45) is 7.05 Å². The zero-order valence-electron chi connectivity index (χ0n) is 9.31. The molecule has 82 valence electrons. The second-order valence-corrected chi connectivity index (χ2v) is 3.63. The second-order valence-electron chi connectivity index (χ2n) is 3.63. The molecule has 3 nitrogen and oxygen atoms in total. The van der Waals surface area contributed by atoms with E-state index in [4.69, 9.17) is 4.74 Å². The third-order valence-electron chi connectivity index (χ3n) is 2.31. The van der Waals surface area contributed by atoms with Crippen molar-refractivity contribution >= 4 is 5.97 Å². The summed E-state index contributed by atoms with van der Waals surface area (Å²) in [5, 5.41) is 0. The van der Waals surface area contributed by atoms with Crippen molar-refractivity contribution in [1.82, 2.24) is 4.57 Å². The van der Waals surface area contributed by atoms with Gasteiger partial charge in [-0.25, -0.2) is 0 Å². The molecule has 0 aliphatic heterocycles. The van der Waals surface area contributed by atoms with Crippen LogP contribution in [0.15, 0.2) is 42.6 Å². The van der Waals surface area contributed by atoms with Crippen LogP contribution in [-0.4, -0.2) is 10.5 Å². The number of benzene rings is 1. The van der Waals surface area contributed by atoms with Gasteiger partial charge in [-0.2, -0.15) is 0 Å². The van der Waals surface area contributed by atoms with Crippen LogP contribution in [0.1, 0.15) is 6.92 Å². The first-order chi connectivity index (χ1) is 7.66. The topological polar surface area (TPSA) is 31.2 Å². The predicted octanol–water partition coefficient (Wildman–Crippen LogP) is 2.62. The highest BCUT2D eigenvalue weighted by Crippen LogP contribution is 2.25. The SMILES string of the molecule is CC(=O)Oc1cc(-c2ccccc2)n(C)c1. The first-order valence-corrected chi connectivity index (χ1v) is 5.07. The van der Waals surface area contributed by atoms with Crippen LogP contribution in [0.5, 0.6) is 5.75 Å². The number of aryl methyl sites for hydroxylation is 1. The molecule has 3 heteroatoms. The van der Waals surface area contributed by atoms with Crippen LogP contribution in [0, 0.1) is 0 Å². The lowest BCUT2D eigenvalue weighted by Crippen LogP contribution is -1.99. The molecular formula is C13H13NO2. The molecule has 0 spiro atoms. The van der Waals surface area contributed by atoms with E-state index in [1.807, 2.05) is 48.0 Å². The number of rotatable bonds is 2. The summed E-state index contributed by atoms with van der Waals surface area (Å²) in [5.74, 6) is 0.277. The van der Waals surface area contributed by atoms with Crippen LogP contribution in [0.2, 0.25) is 0 Å². The molecule has 0 saturated carbocycles. The summed E-state index contributed by atoms with van der Waals surface area (Å²) in [5.41, 5.74) is 2.13. The molecule has 2 rings (SSSR count). The summed E-state index contributed by atoms with van der Waals surface area (Å²) in [6, 6.07) is 11.8. The zero-order valence-corrected chi connectivity index (χ0v) is 9.31. The average Bonchev–Trinajstić information content (AvgIpc) is 2.60. The van der Waals surface area contributed by atoms with Gasteiger partial charge in [-0.05, 0) is 5.56 Å². The number of carbonyl (C=O) groups is 1. The van der Waals surface area contributed by atoms with Gasteiger partial charge < -0.3 is 9.30 Å². The molecule has 0 saturated heterocycles. The normalized spacial score (nSPS) is 10.1. The molecule has 2 aromatic rings. The molecule has 0 radical (unpaired) electrons. The number of nitrogens with zero attached hydrogens (tertiary/aromatic N) is 1. The Morgan fingerprint density at radius 2 is 1.94 bits per heavy atom. The molecule has 1 aromatic heterocycles. The smallest absolute Gasteiger partial charge is 0.308 e. The summed E-state index contributed by atoms with van der Waals surface area (Å²) in [7, 11) is 1.93. The highest BCUT2D eigenvalue weighted by Gasteiger charge is 2.07. The molecule has 0 atom stereocenters. The number of esters is 1. The van der Waals surface area contributed by atoms with Gasteiger partial charge in [0.1, 0.15) is 5.75 Å². The van der Waals surface area contributed by atoms with Crippen molar-refractivity contribution in [1.29, 1.82) is 0 Å². The molecule has 0 amide bonds. The van der Waals surface area contributed by atoms with E-state index in [0.717, 1.165) is 11.3 Å². The van der Waals surface area contributed by atoms with Gasteiger partial charge in [-0.15, -0.1) is 0 Å². The summed E-state index contributed by atoms with van der Waals surface area (Å²) in [6.07, 6.45) is 1.80. The van der Waals surface area contributed by atoms with Crippen molar-refractivity contribution in [2.45, 2.75) is 6.92 Å². The highest BCUT2D eigenvalue weighted by molar-refractivity contribution is 5.71. The molecule has 0 aliphatic carbocycles. The first-order valence-electron chi connectivity index (χ1n) is 5.07. The Balaban J connectivity index is 2.36. The fraction of sp³-hybridized carbons (Fsp3) is 0.154. The minimum atomic E-state index is -0.301. The Morgan fingerprint density at radius 3 is 2.56 bits per heavy atom. The standard InChI is InChI=1S/C13H13NO2/c1-10(15)16-12-8-13(14(2)9-12)11-6-4-3-5-7-11/h3-9H,1-2H3. The van der Waals surface area contributed by atoms with Gasteiger partial charge in [0, 0.05) is 26.2 Å². The van der Waals surface area contributed by atoms with Gasteiger partial charge in [0.15, 0.2) is 0 Å². The summed E-state index contributed by atoms with van der Waals surface area (Å²) < 4.78 is 6.98. The molecule has 0 aliphatic rings. The van der Waals surface area contributed by atoms with Crippen LogP contribution in [0.3, 0.4) is 0 Å². The molecule has 1 aromatic carbocycles. The molecule has 0 N–H and O–H groups in total. The van der Waals surface area contributed by atoms with Crippen molar-refractivity contribution in [3.05, 3.63) is 42.6 Å². The zero-order chi connectivity index (χ0) is 11.5. The fourth-order valence-electron chi connectivity index (χ4n) is 1.65. The van der Waals surface area contributed by atoms with Crippen LogP contribution >= 0.6 is 0 Å². The van der Waals surface area contributed by atoms with Gasteiger partial charge in [-0.1, -0.05) is 30.3 Å². The van der Waals surface area contributed by atoms with Crippen LogP contribution < -0.4 is 4.74 Å². The predicted molar refractivity (Wildman–Crippen MR) is 62.2 cm³/mol. The molecule has 0 unspecified atom stereocenters. The Bertz CT molecular complexity index is 500. The summed E-state index contributed by atoms with van der Waals surface area (Å²) in [4.78, 5) is 10.8. The highest BCUT2D eigenvalue weighted by atomic mass is 16.5. The average molecular weight is 215 g/mol. The third-order valence-corrected chi connectivity index (χ3v) is 2.31. The molecule has 16 heavy (non-hydrogen) atoms. The Labute approximate surface area is 94.3 Å². The van der Waals surface area contributed by atoms with E-state index in [-0.39, 0.29) is 5.97 Å². The molecule has 0 fully saturated rings. The monoisotopic (exact) mass is 215 g/mol. The van der Waals surface area contributed by atoms with Crippen LogP contribution in [-0.2, 0) is 11.8 Å². The lowest BCUT2D eigenvalue weighted by atomic mass is 10.1. The van der Waals surface area contributed by atoms with Gasteiger partial charge in [0.25, 0.3) is 0 Å². The number of carbonyl (C=O) groups excluding carboxylic acids is 1. The molecular weight excluding hydrogens is 202 g/mol. The Morgan fingerprint density at radius 1 is 1.25 bits per heavy atom. The molecule has 1 heterocycles. The molecule has 0 bridgehead atoms. The first kappa shape index (κ1) is 10.5. The lowest BCUT2D eigenvalue weighted by molar-refractivity contribution is -0.131. The summed E-state index contributed by atoms with van der Waals surface area (Å²) >= 11 is 0. The Hall–Kier alpha value is -2.03. The number of hydrogen-bond donors (Lipinski definition) is 0. The van der Waals surface area contributed by atoms with Gasteiger partial charge in [0.2, 0.25) is 0 Å². The maximum Gasteiger partial charge on any atom is 0.308 e. The number of ether oxygens (including phenoxy) is 1. The van der Waals surface area contributed by atoms with Crippen molar-refractivity contribution < 1.29 is 9.53 Å². The van der Waals surface area contributed by atoms with E-state index in [2.05, 4.69) is 0 Å². The van der Waals surface area contributed by atoms with E-state index in [1.54, 1.807) is 6.20 Å². The largest absolute Gasteiger partial charge is 0.425 e. The Kier molecular flexibility index (Phi) is 2.77. The van der Waals surface area contributed by atoms with Crippen molar-refractivity contribution in [3.8, 4) is 17.0 Å². The van der Waals surface area contributed by atoms with E-state index in [0.29, 0.717) is 5.75 Å². The maximum atomic E-state index is 10.8. The van der Waals surface area contributed by atoms with E-state index < -0.39 is 0 Å². The fourth-order valence-corrected chi connectivity index (χ4v) is 1.65. The second kappa shape index (κ2) is 4.23. The van der Waals surface area contributed by atoms with Crippen LogP contribution in [0.4, 0.5) is 0 Å². The quantitative estimate of drug-likeness (QED) is 0.721. The summed E-state index contributed by atoms with van der Waals surface area (Å²) in [6.45, 7) is 1.40. The minimum Gasteiger partial charge on any atom is -0.425 e. The van der Waals surface area contributed by atoms with Gasteiger partial charge >= 0.3 is 5.97 Å². The lowest BCUT2D eigenvalue weighted by Gasteiger charge is -2.01. The van der Waals surface area contributed by atoms with Crippen LogP contribution in [0.25, 0.3) is 11.3 Å². The maximum absolute atomic E-state index is 10.8. The van der Waals surface area contributed by atoms with Gasteiger partial charge in [-0.3, -0.25) is 4.79 Å². The number of hydrogen-bond acceptors (Lipinski definition) is 2. The van der Waals surface area contributed by atoms with E-state index in [1.165, 1.54) is 6.92 Å². The van der Waals surface area contributed by atoms with Crippen molar-refractivity contribution in [2.75, 3.05) is 0 Å². The third kappa shape index (κ3) is 2.14. The number of aromatic nitrogens is 1. The van der Waals surface area contributed by atoms with Gasteiger partial charge in [0.05, 0.1) is 5.69 Å². The van der Waals surface area contributed by atoms with Crippen molar-refractivity contribution in [3.63, 3.8) is 0 Å². The van der Waals surface area contributed by atoms with E-state index in [9.17, 15) is 4.79 Å². The van der Waals surface area contributed by atoms with E-state index >= 15 is 0 Å². The minimum absolute atomic E-state index is 0.301.